The number of anilines is 1. The van der Waals surface area contributed by atoms with Crippen molar-refractivity contribution < 1.29 is 9.90 Å². The van der Waals surface area contributed by atoms with Crippen molar-refractivity contribution in [2.24, 2.45) is 0 Å². The maximum absolute atomic E-state index is 10.4. The number of hydrogen-bond donors (Lipinski definition) is 2. The van der Waals surface area contributed by atoms with E-state index in [4.69, 9.17) is 5.11 Å². The maximum atomic E-state index is 10.4. The minimum absolute atomic E-state index is 0.259. The highest BCUT2D eigenvalue weighted by Crippen LogP contribution is 2.23. The molecule has 0 unspecified atom stereocenters. The molecule has 1 aromatic carbocycles. The summed E-state index contributed by atoms with van der Waals surface area (Å²) in [6.07, 6.45) is 2.93. The molecular formula is C12H15NO2. The van der Waals surface area contributed by atoms with Crippen molar-refractivity contribution in [3.63, 3.8) is 0 Å². The summed E-state index contributed by atoms with van der Waals surface area (Å²) >= 11 is 0. The van der Waals surface area contributed by atoms with Crippen LogP contribution in [0.4, 0.5) is 5.69 Å². The first-order valence-corrected chi connectivity index (χ1v) is 5.33. The van der Waals surface area contributed by atoms with Gasteiger partial charge in [0.15, 0.2) is 0 Å². The Morgan fingerprint density at radius 3 is 3.13 bits per heavy atom. The minimum atomic E-state index is -0.710. The van der Waals surface area contributed by atoms with Crippen LogP contribution in [-0.2, 0) is 17.6 Å². The van der Waals surface area contributed by atoms with Gasteiger partial charge in [-0.1, -0.05) is 12.1 Å². The van der Waals surface area contributed by atoms with Crippen molar-refractivity contribution in [1.29, 1.82) is 0 Å². The second-order valence-corrected chi connectivity index (χ2v) is 3.92. The summed E-state index contributed by atoms with van der Waals surface area (Å²) in [5.41, 5.74) is 3.85. The Morgan fingerprint density at radius 1 is 1.47 bits per heavy atom. The molecule has 1 aromatic rings. The van der Waals surface area contributed by atoms with Gasteiger partial charge in [0, 0.05) is 18.7 Å². The molecule has 0 amide bonds. The number of hydrogen-bond acceptors (Lipinski definition) is 2. The highest BCUT2D eigenvalue weighted by atomic mass is 16.4. The molecule has 2 rings (SSSR count). The van der Waals surface area contributed by atoms with Gasteiger partial charge in [-0.3, -0.25) is 4.79 Å². The molecule has 0 atom stereocenters. The van der Waals surface area contributed by atoms with Gasteiger partial charge in [0.2, 0.25) is 0 Å². The highest BCUT2D eigenvalue weighted by molar-refractivity contribution is 5.66. The third kappa shape index (κ3) is 2.49. The number of aliphatic carboxylic acids is 1. The SMILES string of the molecule is O=C(O)CCCc1ccc2c(c1)CCN2. The monoisotopic (exact) mass is 205 g/mol. The molecule has 1 heterocycles. The van der Waals surface area contributed by atoms with Gasteiger partial charge in [-0.15, -0.1) is 0 Å². The van der Waals surface area contributed by atoms with Crippen molar-refractivity contribution >= 4 is 11.7 Å². The largest absolute Gasteiger partial charge is 0.481 e. The first-order valence-electron chi connectivity index (χ1n) is 5.33. The Labute approximate surface area is 89.1 Å². The van der Waals surface area contributed by atoms with E-state index in [1.165, 1.54) is 16.8 Å². The lowest BCUT2D eigenvalue weighted by molar-refractivity contribution is -0.137. The lowest BCUT2D eigenvalue weighted by Gasteiger charge is -2.03. The number of carboxylic acid groups (broad SMARTS) is 1. The fourth-order valence-corrected chi connectivity index (χ4v) is 1.96. The molecule has 0 radical (unpaired) electrons. The van der Waals surface area contributed by atoms with Gasteiger partial charge in [-0.25, -0.2) is 0 Å². The Bertz CT molecular complexity index is 374. The van der Waals surface area contributed by atoms with Crippen LogP contribution in [0.3, 0.4) is 0 Å². The second kappa shape index (κ2) is 4.34. The average molecular weight is 205 g/mol. The average Bonchev–Trinajstić information content (AvgIpc) is 2.64. The molecule has 0 aromatic heterocycles. The van der Waals surface area contributed by atoms with Gasteiger partial charge >= 0.3 is 5.97 Å². The molecule has 0 spiro atoms. The van der Waals surface area contributed by atoms with Gasteiger partial charge in [0.25, 0.3) is 0 Å². The van der Waals surface area contributed by atoms with Gasteiger partial charge in [0.05, 0.1) is 0 Å². The van der Waals surface area contributed by atoms with Crippen LogP contribution in [-0.4, -0.2) is 17.6 Å². The van der Waals surface area contributed by atoms with Gasteiger partial charge in [-0.2, -0.15) is 0 Å². The third-order valence-electron chi connectivity index (χ3n) is 2.74. The summed E-state index contributed by atoms with van der Waals surface area (Å²) in [6, 6.07) is 6.37. The maximum Gasteiger partial charge on any atom is 0.303 e. The summed E-state index contributed by atoms with van der Waals surface area (Å²) in [7, 11) is 0. The van der Waals surface area contributed by atoms with Crippen molar-refractivity contribution in [2.75, 3.05) is 11.9 Å². The Balaban J connectivity index is 1.95. The first kappa shape index (κ1) is 10.0. The molecule has 0 saturated carbocycles. The standard InChI is InChI=1S/C12H15NO2/c14-12(15)3-1-2-9-4-5-11-10(8-9)6-7-13-11/h4-5,8,13H,1-3,6-7H2,(H,14,15). The van der Waals surface area contributed by atoms with E-state index in [0.29, 0.717) is 0 Å². The molecule has 1 aliphatic heterocycles. The lowest BCUT2D eigenvalue weighted by Crippen LogP contribution is -1.96. The number of nitrogens with one attached hydrogen (secondary N) is 1. The topological polar surface area (TPSA) is 49.3 Å². The van der Waals surface area contributed by atoms with Crippen LogP contribution in [0, 0.1) is 0 Å². The van der Waals surface area contributed by atoms with Crippen LogP contribution in [0.2, 0.25) is 0 Å². The van der Waals surface area contributed by atoms with Gasteiger partial charge in [0.1, 0.15) is 0 Å². The number of rotatable bonds is 4. The van der Waals surface area contributed by atoms with Crippen LogP contribution in [0.1, 0.15) is 24.0 Å². The van der Waals surface area contributed by atoms with Crippen LogP contribution in [0.15, 0.2) is 18.2 Å². The third-order valence-corrected chi connectivity index (χ3v) is 2.74. The molecule has 0 aliphatic carbocycles. The van der Waals surface area contributed by atoms with Crippen molar-refractivity contribution in [3.8, 4) is 0 Å². The Morgan fingerprint density at radius 2 is 2.33 bits per heavy atom. The quantitative estimate of drug-likeness (QED) is 0.791. The Hall–Kier alpha value is -1.51. The molecule has 0 fully saturated rings. The molecular weight excluding hydrogens is 190 g/mol. The first-order chi connectivity index (χ1) is 7.25. The van der Waals surface area contributed by atoms with E-state index in [2.05, 4.69) is 23.5 Å². The van der Waals surface area contributed by atoms with Gasteiger partial charge in [-0.05, 0) is 36.5 Å². The van der Waals surface area contributed by atoms with E-state index in [-0.39, 0.29) is 6.42 Å². The van der Waals surface area contributed by atoms with E-state index in [9.17, 15) is 4.79 Å². The van der Waals surface area contributed by atoms with Crippen molar-refractivity contribution in [2.45, 2.75) is 25.7 Å². The molecule has 1 aliphatic rings. The summed E-state index contributed by atoms with van der Waals surface area (Å²) in [5, 5.41) is 11.8. The molecule has 0 bridgehead atoms. The molecule has 3 heteroatoms. The minimum Gasteiger partial charge on any atom is -0.481 e. The second-order valence-electron chi connectivity index (χ2n) is 3.92. The normalized spacial score (nSPS) is 13.3. The summed E-state index contributed by atoms with van der Waals surface area (Å²) in [4.78, 5) is 10.4. The summed E-state index contributed by atoms with van der Waals surface area (Å²) in [6.45, 7) is 1.02. The van der Waals surface area contributed by atoms with Crippen LogP contribution in [0.25, 0.3) is 0 Å². The highest BCUT2D eigenvalue weighted by Gasteiger charge is 2.09. The van der Waals surface area contributed by atoms with E-state index in [0.717, 1.165) is 25.8 Å². The zero-order valence-electron chi connectivity index (χ0n) is 8.62. The smallest absolute Gasteiger partial charge is 0.303 e. The lowest BCUT2D eigenvalue weighted by atomic mass is 10.0. The number of fused-ring (bicyclic) bond motifs is 1. The molecule has 0 saturated heterocycles. The zero-order valence-corrected chi connectivity index (χ0v) is 8.62. The molecule has 80 valence electrons. The van der Waals surface area contributed by atoms with Crippen LogP contribution >= 0.6 is 0 Å². The van der Waals surface area contributed by atoms with E-state index < -0.39 is 5.97 Å². The molecule has 15 heavy (non-hydrogen) atoms. The number of aryl methyl sites for hydroxylation is 1. The molecule has 2 N–H and O–H groups in total. The van der Waals surface area contributed by atoms with Gasteiger partial charge < -0.3 is 10.4 Å². The number of carboxylic acids is 1. The Kier molecular flexibility index (Phi) is 2.90. The fraction of sp³-hybridized carbons (Fsp3) is 0.417. The predicted molar refractivity (Wildman–Crippen MR) is 59.2 cm³/mol. The number of carbonyl (C=O) groups is 1. The predicted octanol–water partition coefficient (Wildman–Crippen LogP) is 2.06. The van der Waals surface area contributed by atoms with E-state index >= 15 is 0 Å². The summed E-state index contributed by atoms with van der Waals surface area (Å²) in [5.74, 6) is -0.710. The summed E-state index contributed by atoms with van der Waals surface area (Å²) < 4.78 is 0. The van der Waals surface area contributed by atoms with Crippen molar-refractivity contribution in [1.82, 2.24) is 0 Å². The van der Waals surface area contributed by atoms with E-state index in [1.807, 2.05) is 0 Å². The zero-order chi connectivity index (χ0) is 10.7. The van der Waals surface area contributed by atoms with Crippen molar-refractivity contribution in [3.05, 3.63) is 29.3 Å². The van der Waals surface area contributed by atoms with E-state index in [1.54, 1.807) is 0 Å². The van der Waals surface area contributed by atoms with Crippen LogP contribution in [0.5, 0.6) is 0 Å². The fourth-order valence-electron chi connectivity index (χ4n) is 1.96. The van der Waals surface area contributed by atoms with Crippen LogP contribution < -0.4 is 5.32 Å². The molecule has 3 nitrogen and oxygen atoms in total. The number of benzene rings is 1.